The van der Waals surface area contributed by atoms with E-state index in [2.05, 4.69) is 10.1 Å². The van der Waals surface area contributed by atoms with Crippen LogP contribution in [0.2, 0.25) is 5.02 Å². The molecular formula is C17H18ClN3O5. The summed E-state index contributed by atoms with van der Waals surface area (Å²) < 4.78 is 15.4. The Morgan fingerprint density at radius 2 is 2.04 bits per heavy atom. The molecule has 0 unspecified atom stereocenters. The fourth-order valence-corrected chi connectivity index (χ4v) is 2.38. The molecule has 1 N–H and O–H groups in total. The lowest BCUT2D eigenvalue weighted by Gasteiger charge is -2.12. The number of ether oxygens (including phenoxy) is 3. The zero-order valence-electron chi connectivity index (χ0n) is 14.5. The third-order valence-electron chi connectivity index (χ3n) is 3.30. The number of Topliss-reactive ketones (excluding diaryl/α,β-unsaturated/α-hetero) is 1. The first-order chi connectivity index (χ1) is 12.4. The van der Waals surface area contributed by atoms with Crippen LogP contribution in [0, 0.1) is 11.4 Å². The van der Waals surface area contributed by atoms with Crippen LogP contribution in [0.5, 0.6) is 11.5 Å². The van der Waals surface area contributed by atoms with Gasteiger partial charge in [-0.25, -0.2) is 15.3 Å². The number of rotatable bonds is 7. The summed E-state index contributed by atoms with van der Waals surface area (Å²) in [5.74, 6) is 0.0591. The van der Waals surface area contributed by atoms with E-state index < -0.39 is 11.9 Å². The van der Waals surface area contributed by atoms with Crippen LogP contribution in [-0.4, -0.2) is 37.2 Å². The molecule has 26 heavy (non-hydrogen) atoms. The maximum atomic E-state index is 12.1. The van der Waals surface area contributed by atoms with Crippen LogP contribution >= 0.6 is 11.6 Å². The molecule has 0 aliphatic carbocycles. The Morgan fingerprint density at radius 3 is 2.65 bits per heavy atom. The van der Waals surface area contributed by atoms with Crippen molar-refractivity contribution in [3.63, 3.8) is 0 Å². The molecule has 0 amide bonds. The van der Waals surface area contributed by atoms with Gasteiger partial charge in [-0.05, 0) is 18.1 Å². The Bertz CT molecular complexity index is 854. The number of hydrogen-bond donors (Lipinski definition) is 1. The van der Waals surface area contributed by atoms with E-state index in [1.165, 1.54) is 13.2 Å². The minimum Gasteiger partial charge on any atom is -0.495 e. The molecule has 138 valence electrons. The van der Waals surface area contributed by atoms with E-state index in [1.807, 2.05) is 13.8 Å². The lowest BCUT2D eigenvalue weighted by molar-refractivity contribution is 0.0886. The van der Waals surface area contributed by atoms with Gasteiger partial charge in [-0.15, -0.1) is 0 Å². The first-order valence-electron chi connectivity index (χ1n) is 7.75. The van der Waals surface area contributed by atoms with Gasteiger partial charge in [-0.1, -0.05) is 25.4 Å². The van der Waals surface area contributed by atoms with Crippen molar-refractivity contribution >= 4 is 34.4 Å². The number of aromatic nitrogens is 1. The highest BCUT2D eigenvalue weighted by Crippen LogP contribution is 2.36. The molecule has 1 aromatic carbocycles. The van der Waals surface area contributed by atoms with Gasteiger partial charge in [0.25, 0.3) is 0 Å². The molecule has 0 radical (unpaired) electrons. The molecule has 0 bridgehead atoms. The largest absolute Gasteiger partial charge is 0.513 e. The number of pyridine rings is 1. The summed E-state index contributed by atoms with van der Waals surface area (Å²) in [4.78, 5) is 28.2. The summed E-state index contributed by atoms with van der Waals surface area (Å²) >= 11 is 6.28. The van der Waals surface area contributed by atoms with Crippen molar-refractivity contribution in [3.05, 3.63) is 28.9 Å². The first-order valence-corrected chi connectivity index (χ1v) is 8.13. The number of nitrogens with one attached hydrogen (secondary N) is 1. The maximum Gasteiger partial charge on any atom is 0.513 e. The number of hydrogen-bond acceptors (Lipinski definition) is 8. The summed E-state index contributed by atoms with van der Waals surface area (Å²) in [6.45, 7) is 3.60. The molecule has 0 saturated carbocycles. The summed E-state index contributed by atoms with van der Waals surface area (Å²) in [5, 5.41) is 3.64. The lowest BCUT2D eigenvalue weighted by Crippen LogP contribution is -2.15. The number of fused-ring (bicyclic) bond motifs is 1. The number of carbonyl (C=O) groups is 2. The minimum absolute atomic E-state index is 0.0321. The summed E-state index contributed by atoms with van der Waals surface area (Å²) in [5.41, 5.74) is 7.04. The van der Waals surface area contributed by atoms with Crippen LogP contribution in [0.15, 0.2) is 23.3 Å². The van der Waals surface area contributed by atoms with E-state index in [-0.39, 0.29) is 41.1 Å². The van der Waals surface area contributed by atoms with Crippen molar-refractivity contribution in [3.8, 4) is 11.5 Å². The number of ketones is 1. The van der Waals surface area contributed by atoms with Crippen LogP contribution in [-0.2, 0) is 4.74 Å². The van der Waals surface area contributed by atoms with Crippen molar-refractivity contribution in [1.82, 2.24) is 4.98 Å². The Hall–Kier alpha value is -2.74. The van der Waals surface area contributed by atoms with Gasteiger partial charge in [0.1, 0.15) is 28.8 Å². The third kappa shape index (κ3) is 4.45. The van der Waals surface area contributed by atoms with Gasteiger partial charge in [-0.2, -0.15) is 5.11 Å². The Labute approximate surface area is 154 Å². The quantitative estimate of drug-likeness (QED) is 0.436. The van der Waals surface area contributed by atoms with Gasteiger partial charge < -0.3 is 14.2 Å². The van der Waals surface area contributed by atoms with Gasteiger partial charge >= 0.3 is 6.16 Å². The number of benzene rings is 1. The van der Waals surface area contributed by atoms with Crippen molar-refractivity contribution in [2.24, 2.45) is 11.0 Å². The Balaban J connectivity index is 2.51. The second-order valence-electron chi connectivity index (χ2n) is 5.78. The van der Waals surface area contributed by atoms with Crippen LogP contribution in [0.25, 0.3) is 10.9 Å². The highest BCUT2D eigenvalue weighted by molar-refractivity contribution is 6.36. The summed E-state index contributed by atoms with van der Waals surface area (Å²) in [7, 11) is 1.45. The van der Waals surface area contributed by atoms with E-state index in [9.17, 15) is 9.59 Å². The highest BCUT2D eigenvalue weighted by atomic mass is 35.5. The molecule has 0 spiro atoms. The summed E-state index contributed by atoms with van der Waals surface area (Å²) in [6, 6.07) is 4.51. The van der Waals surface area contributed by atoms with Crippen LogP contribution in [0.1, 0.15) is 24.3 Å². The van der Waals surface area contributed by atoms with E-state index in [0.29, 0.717) is 11.1 Å². The predicted octanol–water partition coefficient (Wildman–Crippen LogP) is 4.28. The third-order valence-corrected chi connectivity index (χ3v) is 3.67. The average molecular weight is 380 g/mol. The zero-order chi connectivity index (χ0) is 19.3. The van der Waals surface area contributed by atoms with Crippen molar-refractivity contribution in [2.75, 3.05) is 20.3 Å². The minimum atomic E-state index is -0.901. The van der Waals surface area contributed by atoms with E-state index >= 15 is 0 Å². The fourth-order valence-electron chi connectivity index (χ4n) is 2.10. The molecule has 2 aromatic rings. The molecule has 9 heteroatoms. The molecule has 1 aromatic heterocycles. The first kappa shape index (κ1) is 19.6. The predicted molar refractivity (Wildman–Crippen MR) is 94.5 cm³/mol. The maximum absolute atomic E-state index is 12.1. The van der Waals surface area contributed by atoms with Crippen molar-refractivity contribution in [1.29, 1.82) is 5.53 Å². The second-order valence-corrected chi connectivity index (χ2v) is 6.16. The SMILES string of the molecule is COc1ccc2c(OC(=O)OCC(C)C)cc(C(=O)CN=N)nc2c1Cl. The number of halogens is 1. The molecule has 0 aliphatic rings. The molecule has 0 atom stereocenters. The second kappa shape index (κ2) is 8.57. The van der Waals surface area contributed by atoms with Crippen LogP contribution in [0.3, 0.4) is 0 Å². The summed E-state index contributed by atoms with van der Waals surface area (Å²) in [6.07, 6.45) is -0.901. The van der Waals surface area contributed by atoms with Crippen molar-refractivity contribution < 1.29 is 23.8 Å². The lowest BCUT2D eigenvalue weighted by atomic mass is 10.1. The Kier molecular flexibility index (Phi) is 6.46. The Morgan fingerprint density at radius 1 is 1.31 bits per heavy atom. The van der Waals surface area contributed by atoms with E-state index in [4.69, 9.17) is 31.3 Å². The molecule has 0 fully saturated rings. The zero-order valence-corrected chi connectivity index (χ0v) is 15.3. The van der Waals surface area contributed by atoms with Gasteiger partial charge in [-0.3, -0.25) is 4.79 Å². The van der Waals surface area contributed by atoms with Gasteiger partial charge in [0, 0.05) is 11.5 Å². The molecule has 2 rings (SSSR count). The number of carbonyl (C=O) groups excluding carboxylic acids is 2. The highest BCUT2D eigenvalue weighted by Gasteiger charge is 2.19. The monoisotopic (exact) mass is 379 g/mol. The standard InChI is InChI=1S/C17H18ClN3O5/c1-9(2)8-25-17(23)26-14-6-11(12(22)7-20-19)21-16-10(14)4-5-13(24-3)15(16)18/h4-6,9,19H,7-8H2,1-3H3. The molecule has 0 aliphatic heterocycles. The molecule has 0 saturated heterocycles. The average Bonchev–Trinajstić information content (AvgIpc) is 2.60. The van der Waals surface area contributed by atoms with Crippen molar-refractivity contribution in [2.45, 2.75) is 13.8 Å². The normalized spacial score (nSPS) is 10.7. The number of nitrogens with zero attached hydrogens (tertiary/aromatic N) is 2. The molecule has 8 nitrogen and oxygen atoms in total. The smallest absolute Gasteiger partial charge is 0.495 e. The van der Waals surface area contributed by atoms with Gasteiger partial charge in [0.2, 0.25) is 5.78 Å². The topological polar surface area (TPSA) is 111 Å². The number of methoxy groups -OCH3 is 1. The molecular weight excluding hydrogens is 362 g/mol. The van der Waals surface area contributed by atoms with E-state index in [0.717, 1.165) is 0 Å². The van der Waals surface area contributed by atoms with Crippen LogP contribution in [0.4, 0.5) is 4.79 Å². The van der Waals surface area contributed by atoms with Gasteiger partial charge in [0.15, 0.2) is 0 Å². The fraction of sp³-hybridized carbons (Fsp3) is 0.353. The van der Waals surface area contributed by atoms with Gasteiger partial charge in [0.05, 0.1) is 19.2 Å². The molecule has 1 heterocycles. The van der Waals surface area contributed by atoms with Crippen LogP contribution < -0.4 is 9.47 Å². The van der Waals surface area contributed by atoms with E-state index in [1.54, 1.807) is 12.1 Å².